The third-order valence-electron chi connectivity index (χ3n) is 6.64. The van der Waals surface area contributed by atoms with Gasteiger partial charge in [-0.2, -0.15) is 0 Å². The van der Waals surface area contributed by atoms with Gasteiger partial charge in [-0.05, 0) is 83.3 Å². The van der Waals surface area contributed by atoms with Crippen LogP contribution in [-0.2, 0) is 0 Å². The Bertz CT molecular complexity index is 1580. The third-order valence-corrected chi connectivity index (χ3v) is 6.64. The van der Waals surface area contributed by atoms with Crippen LogP contribution in [0.4, 0.5) is 0 Å². The van der Waals surface area contributed by atoms with Crippen LogP contribution in [-0.4, -0.2) is 0 Å². The summed E-state index contributed by atoms with van der Waals surface area (Å²) in [6.45, 7) is 4.26. The van der Waals surface area contributed by atoms with Crippen LogP contribution < -0.4 is 9.47 Å². The van der Waals surface area contributed by atoms with Crippen molar-refractivity contribution < 1.29 is 9.47 Å². The summed E-state index contributed by atoms with van der Waals surface area (Å²) in [7, 11) is 0. The minimum atomic E-state index is 0.834. The van der Waals surface area contributed by atoms with Crippen molar-refractivity contribution in [2.45, 2.75) is 13.8 Å². The second-order valence-electron chi connectivity index (χ2n) is 9.11. The second-order valence-corrected chi connectivity index (χ2v) is 9.11. The zero-order valence-corrected chi connectivity index (χ0v) is 20.4. The van der Waals surface area contributed by atoms with Gasteiger partial charge in [0.15, 0.2) is 0 Å². The highest BCUT2D eigenvalue weighted by Crippen LogP contribution is 2.36. The topological polar surface area (TPSA) is 18.5 Å². The molecule has 0 aliphatic heterocycles. The third kappa shape index (κ3) is 4.18. The standard InChI is InChI=1S/C34H26O2/c1-23-21-27(35-33-15-7-11-25-9-3-5-13-31(25)33)17-19-29(23)30-20-18-28(22-24(30)2)36-34-16-8-12-26-10-4-6-14-32(26)34/h3-22H,1-2H3. The van der Waals surface area contributed by atoms with Crippen LogP contribution in [0.25, 0.3) is 32.7 Å². The van der Waals surface area contributed by atoms with E-state index < -0.39 is 0 Å². The lowest BCUT2D eigenvalue weighted by molar-refractivity contribution is 0.487. The van der Waals surface area contributed by atoms with Crippen LogP contribution in [0, 0.1) is 13.8 Å². The van der Waals surface area contributed by atoms with Crippen molar-refractivity contribution in [3.05, 3.63) is 132 Å². The number of hydrogen-bond donors (Lipinski definition) is 0. The maximum atomic E-state index is 6.29. The first-order chi connectivity index (χ1) is 17.7. The summed E-state index contributed by atoms with van der Waals surface area (Å²) in [6.07, 6.45) is 0. The van der Waals surface area contributed by atoms with E-state index in [9.17, 15) is 0 Å². The van der Waals surface area contributed by atoms with E-state index in [1.54, 1.807) is 0 Å². The van der Waals surface area contributed by atoms with Crippen LogP contribution in [0.5, 0.6) is 23.0 Å². The Kier molecular flexibility index (Phi) is 5.63. The predicted octanol–water partition coefficient (Wildman–Crippen LogP) is 9.86. The van der Waals surface area contributed by atoms with E-state index in [-0.39, 0.29) is 0 Å². The zero-order valence-electron chi connectivity index (χ0n) is 20.4. The van der Waals surface area contributed by atoms with Crippen molar-refractivity contribution in [2.75, 3.05) is 0 Å². The molecule has 6 aromatic rings. The lowest BCUT2D eigenvalue weighted by Crippen LogP contribution is -1.92. The van der Waals surface area contributed by atoms with Crippen LogP contribution in [0.15, 0.2) is 121 Å². The number of hydrogen-bond acceptors (Lipinski definition) is 2. The Balaban J connectivity index is 1.27. The first-order valence-electron chi connectivity index (χ1n) is 12.2. The summed E-state index contributed by atoms with van der Waals surface area (Å²) in [5.41, 5.74) is 4.71. The van der Waals surface area contributed by atoms with Crippen molar-refractivity contribution in [1.29, 1.82) is 0 Å². The van der Waals surface area contributed by atoms with Crippen LogP contribution in [0.3, 0.4) is 0 Å². The Morgan fingerprint density at radius 1 is 0.417 bits per heavy atom. The second kappa shape index (κ2) is 9.24. The number of aryl methyl sites for hydroxylation is 2. The fourth-order valence-corrected chi connectivity index (χ4v) is 4.83. The summed E-state index contributed by atoms with van der Waals surface area (Å²) in [5.74, 6) is 3.40. The summed E-state index contributed by atoms with van der Waals surface area (Å²) in [6, 6.07) is 41.5. The molecule has 0 amide bonds. The first kappa shape index (κ1) is 21.9. The number of benzene rings is 6. The van der Waals surface area contributed by atoms with Crippen molar-refractivity contribution >= 4 is 21.5 Å². The van der Waals surface area contributed by atoms with Gasteiger partial charge in [-0.15, -0.1) is 0 Å². The number of ether oxygens (including phenoxy) is 2. The molecule has 0 heterocycles. The molecule has 0 bridgehead atoms. The molecule has 0 N–H and O–H groups in total. The van der Waals surface area contributed by atoms with Gasteiger partial charge in [0.05, 0.1) is 0 Å². The van der Waals surface area contributed by atoms with Gasteiger partial charge in [-0.3, -0.25) is 0 Å². The largest absolute Gasteiger partial charge is 0.457 e. The molecule has 0 radical (unpaired) electrons. The molecular weight excluding hydrogens is 440 g/mol. The van der Waals surface area contributed by atoms with Crippen molar-refractivity contribution in [3.8, 4) is 34.1 Å². The molecule has 0 unspecified atom stereocenters. The SMILES string of the molecule is Cc1cc(Oc2cccc3ccccc23)ccc1-c1ccc(Oc2cccc3ccccc23)cc1C. The molecule has 0 spiro atoms. The Labute approximate surface area is 211 Å². The van der Waals surface area contributed by atoms with E-state index >= 15 is 0 Å². The Morgan fingerprint density at radius 2 is 0.833 bits per heavy atom. The molecule has 2 heteroatoms. The monoisotopic (exact) mass is 466 g/mol. The number of fused-ring (bicyclic) bond motifs is 2. The van der Waals surface area contributed by atoms with Gasteiger partial charge in [0.2, 0.25) is 0 Å². The van der Waals surface area contributed by atoms with Gasteiger partial charge in [-0.1, -0.05) is 84.9 Å². The molecule has 174 valence electrons. The molecule has 2 nitrogen and oxygen atoms in total. The highest BCUT2D eigenvalue weighted by molar-refractivity contribution is 5.89. The predicted molar refractivity (Wildman–Crippen MR) is 149 cm³/mol. The van der Waals surface area contributed by atoms with E-state index in [0.29, 0.717) is 0 Å². The molecule has 0 fully saturated rings. The van der Waals surface area contributed by atoms with Gasteiger partial charge in [0.1, 0.15) is 23.0 Å². The molecular formula is C34H26O2. The number of rotatable bonds is 5. The average molecular weight is 467 g/mol. The fourth-order valence-electron chi connectivity index (χ4n) is 4.83. The van der Waals surface area contributed by atoms with E-state index in [2.05, 4.69) is 74.5 Å². The van der Waals surface area contributed by atoms with E-state index in [1.165, 1.54) is 33.0 Å². The molecule has 6 aromatic carbocycles. The molecule has 0 saturated carbocycles. The maximum absolute atomic E-state index is 6.29. The van der Waals surface area contributed by atoms with Crippen molar-refractivity contribution in [3.63, 3.8) is 0 Å². The average Bonchev–Trinajstić information content (AvgIpc) is 2.90. The molecule has 0 atom stereocenters. The minimum absolute atomic E-state index is 0.834. The van der Waals surface area contributed by atoms with Crippen LogP contribution in [0.2, 0.25) is 0 Å². The molecule has 0 aromatic heterocycles. The summed E-state index contributed by atoms with van der Waals surface area (Å²) < 4.78 is 12.6. The smallest absolute Gasteiger partial charge is 0.135 e. The summed E-state index contributed by atoms with van der Waals surface area (Å²) in [5, 5.41) is 4.56. The van der Waals surface area contributed by atoms with Crippen LogP contribution in [0.1, 0.15) is 11.1 Å². The lowest BCUT2D eigenvalue weighted by Gasteiger charge is -2.15. The van der Waals surface area contributed by atoms with Gasteiger partial charge < -0.3 is 9.47 Å². The highest BCUT2D eigenvalue weighted by Gasteiger charge is 2.11. The quantitative estimate of drug-likeness (QED) is 0.252. The van der Waals surface area contributed by atoms with E-state index in [4.69, 9.17) is 9.47 Å². The normalized spacial score (nSPS) is 11.1. The molecule has 0 aliphatic rings. The molecule has 36 heavy (non-hydrogen) atoms. The van der Waals surface area contributed by atoms with Crippen LogP contribution >= 0.6 is 0 Å². The van der Waals surface area contributed by atoms with E-state index in [0.717, 1.165) is 33.8 Å². The van der Waals surface area contributed by atoms with Gasteiger partial charge in [-0.25, -0.2) is 0 Å². The Morgan fingerprint density at radius 3 is 1.28 bits per heavy atom. The zero-order chi connectivity index (χ0) is 24.5. The maximum Gasteiger partial charge on any atom is 0.135 e. The summed E-state index contributed by atoms with van der Waals surface area (Å²) >= 11 is 0. The molecule has 6 rings (SSSR count). The summed E-state index contributed by atoms with van der Waals surface area (Å²) in [4.78, 5) is 0. The highest BCUT2D eigenvalue weighted by atomic mass is 16.5. The van der Waals surface area contributed by atoms with Gasteiger partial charge >= 0.3 is 0 Å². The molecule has 0 saturated heterocycles. The van der Waals surface area contributed by atoms with Crippen molar-refractivity contribution in [1.82, 2.24) is 0 Å². The van der Waals surface area contributed by atoms with Gasteiger partial charge in [0.25, 0.3) is 0 Å². The first-order valence-corrected chi connectivity index (χ1v) is 12.2. The van der Waals surface area contributed by atoms with Gasteiger partial charge in [0, 0.05) is 10.8 Å². The minimum Gasteiger partial charge on any atom is -0.457 e. The Hall–Kier alpha value is -4.56. The molecule has 0 aliphatic carbocycles. The lowest BCUT2D eigenvalue weighted by atomic mass is 9.96. The van der Waals surface area contributed by atoms with Crippen molar-refractivity contribution in [2.24, 2.45) is 0 Å². The fraction of sp³-hybridized carbons (Fsp3) is 0.0588. The van der Waals surface area contributed by atoms with E-state index in [1.807, 2.05) is 60.7 Å².